The minimum atomic E-state index is -0.153. The van der Waals surface area contributed by atoms with Gasteiger partial charge >= 0.3 is 0 Å². The fourth-order valence-corrected chi connectivity index (χ4v) is 2.75. The van der Waals surface area contributed by atoms with E-state index in [0.717, 1.165) is 5.69 Å². The first kappa shape index (κ1) is 20.8. The van der Waals surface area contributed by atoms with Crippen molar-refractivity contribution >= 4 is 11.5 Å². The van der Waals surface area contributed by atoms with Crippen LogP contribution in [0.1, 0.15) is 10.4 Å². The first-order valence-electron chi connectivity index (χ1n) is 9.25. The van der Waals surface area contributed by atoms with Crippen LogP contribution in [-0.2, 0) is 0 Å². The van der Waals surface area contributed by atoms with Gasteiger partial charge in [-0.1, -0.05) is 12.1 Å². The highest BCUT2D eigenvalue weighted by Crippen LogP contribution is 2.31. The zero-order chi connectivity index (χ0) is 21.3. The largest absolute Gasteiger partial charge is 0.493 e. The molecule has 0 amide bonds. The summed E-state index contributed by atoms with van der Waals surface area (Å²) in [6, 6.07) is 19.9. The van der Waals surface area contributed by atoms with E-state index in [4.69, 9.17) is 18.9 Å². The van der Waals surface area contributed by atoms with Crippen molar-refractivity contribution in [1.29, 1.82) is 0 Å². The van der Waals surface area contributed by atoms with Gasteiger partial charge < -0.3 is 24.3 Å². The normalized spacial score (nSPS) is 10.5. The summed E-state index contributed by atoms with van der Waals surface area (Å²) in [6.07, 6.45) is 3.05. The van der Waals surface area contributed by atoms with Gasteiger partial charge in [0, 0.05) is 23.5 Å². The number of benzene rings is 3. The van der Waals surface area contributed by atoms with E-state index in [1.165, 1.54) is 13.2 Å². The molecular formula is C24H23NO5. The smallest absolute Gasteiger partial charge is 0.187 e. The highest BCUT2D eigenvalue weighted by Gasteiger charge is 2.08. The molecule has 0 aliphatic carbocycles. The molecule has 6 nitrogen and oxygen atoms in total. The zero-order valence-corrected chi connectivity index (χ0v) is 17.0. The van der Waals surface area contributed by atoms with Crippen LogP contribution in [0.5, 0.6) is 28.7 Å². The van der Waals surface area contributed by atoms with Gasteiger partial charge in [-0.25, -0.2) is 0 Å². The standard InChI is InChI=1S/C24H23NO5/c1-27-21-6-4-5-7-23(21)30-19-11-9-18(10-12-19)25-15-14-20(26)17-8-13-22(28-2)24(16-17)29-3/h4-16,25H,1-3H3/b15-14+. The SMILES string of the molecule is COc1ccc(C(=O)/C=C/Nc2ccc(Oc3ccccc3OC)cc2)cc1OC. The maximum Gasteiger partial charge on any atom is 0.187 e. The minimum absolute atomic E-state index is 0.153. The lowest BCUT2D eigenvalue weighted by Gasteiger charge is -2.10. The van der Waals surface area contributed by atoms with Crippen LogP contribution in [0.3, 0.4) is 0 Å². The summed E-state index contributed by atoms with van der Waals surface area (Å²) in [6.45, 7) is 0. The van der Waals surface area contributed by atoms with Crippen molar-refractivity contribution in [3.05, 3.63) is 84.6 Å². The molecule has 3 rings (SSSR count). The van der Waals surface area contributed by atoms with E-state index in [-0.39, 0.29) is 5.78 Å². The Morgan fingerprint density at radius 3 is 2.07 bits per heavy atom. The number of allylic oxidation sites excluding steroid dienone is 1. The number of ether oxygens (including phenoxy) is 4. The van der Waals surface area contributed by atoms with Crippen LogP contribution in [-0.4, -0.2) is 27.1 Å². The number of anilines is 1. The van der Waals surface area contributed by atoms with Crippen molar-refractivity contribution in [2.24, 2.45) is 0 Å². The van der Waals surface area contributed by atoms with E-state index >= 15 is 0 Å². The molecule has 0 spiro atoms. The average molecular weight is 405 g/mol. The number of hydrogen-bond donors (Lipinski definition) is 1. The van der Waals surface area contributed by atoms with Gasteiger partial charge in [-0.2, -0.15) is 0 Å². The zero-order valence-electron chi connectivity index (χ0n) is 17.0. The Kier molecular flexibility index (Phi) is 6.95. The first-order chi connectivity index (χ1) is 14.6. The fourth-order valence-electron chi connectivity index (χ4n) is 2.75. The third-order valence-electron chi connectivity index (χ3n) is 4.30. The second-order valence-electron chi connectivity index (χ2n) is 6.19. The molecule has 0 aromatic heterocycles. The van der Waals surface area contributed by atoms with Gasteiger partial charge in [-0.3, -0.25) is 4.79 Å². The number of carbonyl (C=O) groups excluding carboxylic acids is 1. The van der Waals surface area contributed by atoms with Crippen molar-refractivity contribution in [3.63, 3.8) is 0 Å². The van der Waals surface area contributed by atoms with Crippen molar-refractivity contribution in [2.45, 2.75) is 0 Å². The van der Waals surface area contributed by atoms with Gasteiger partial charge in [0.15, 0.2) is 28.8 Å². The molecular weight excluding hydrogens is 382 g/mol. The molecule has 3 aromatic carbocycles. The van der Waals surface area contributed by atoms with Crippen LogP contribution in [0, 0.1) is 0 Å². The van der Waals surface area contributed by atoms with Crippen LogP contribution >= 0.6 is 0 Å². The molecule has 3 aromatic rings. The monoisotopic (exact) mass is 405 g/mol. The van der Waals surface area contributed by atoms with E-state index in [0.29, 0.717) is 34.3 Å². The van der Waals surface area contributed by atoms with Crippen molar-refractivity contribution in [1.82, 2.24) is 0 Å². The summed E-state index contributed by atoms with van der Waals surface area (Å²) in [7, 11) is 4.69. The summed E-state index contributed by atoms with van der Waals surface area (Å²) in [5.74, 6) is 2.91. The second kappa shape index (κ2) is 10.0. The Hall–Kier alpha value is -3.93. The molecule has 0 saturated carbocycles. The number of ketones is 1. The minimum Gasteiger partial charge on any atom is -0.493 e. The van der Waals surface area contributed by atoms with Gasteiger partial charge in [0.05, 0.1) is 21.3 Å². The summed E-state index contributed by atoms with van der Waals surface area (Å²) < 4.78 is 21.6. The third kappa shape index (κ3) is 5.11. The molecule has 0 radical (unpaired) electrons. The summed E-state index contributed by atoms with van der Waals surface area (Å²) in [5, 5.41) is 3.07. The van der Waals surface area contributed by atoms with E-state index in [9.17, 15) is 4.79 Å². The topological polar surface area (TPSA) is 66.0 Å². The Morgan fingerprint density at radius 1 is 0.767 bits per heavy atom. The van der Waals surface area contributed by atoms with Crippen LogP contribution < -0.4 is 24.3 Å². The van der Waals surface area contributed by atoms with Crippen molar-refractivity contribution < 1.29 is 23.7 Å². The Bertz CT molecular complexity index is 1030. The molecule has 0 saturated heterocycles. The number of nitrogens with one attached hydrogen (secondary N) is 1. The number of rotatable bonds is 9. The van der Waals surface area contributed by atoms with Crippen LogP contribution in [0.2, 0.25) is 0 Å². The Labute approximate surface area is 175 Å². The molecule has 0 heterocycles. The second-order valence-corrected chi connectivity index (χ2v) is 6.19. The predicted octanol–water partition coefficient (Wildman–Crippen LogP) is 5.31. The highest BCUT2D eigenvalue weighted by atomic mass is 16.5. The number of hydrogen-bond acceptors (Lipinski definition) is 6. The van der Waals surface area contributed by atoms with Crippen molar-refractivity contribution in [2.75, 3.05) is 26.6 Å². The molecule has 154 valence electrons. The van der Waals surface area contributed by atoms with Gasteiger partial charge in [0.25, 0.3) is 0 Å². The van der Waals surface area contributed by atoms with Crippen LogP contribution in [0.15, 0.2) is 79.0 Å². The Morgan fingerprint density at radius 2 is 1.40 bits per heavy atom. The predicted molar refractivity (Wildman–Crippen MR) is 116 cm³/mol. The highest BCUT2D eigenvalue weighted by molar-refractivity contribution is 6.05. The molecule has 1 N–H and O–H groups in total. The summed E-state index contributed by atoms with van der Waals surface area (Å²) >= 11 is 0. The number of methoxy groups -OCH3 is 3. The molecule has 0 aliphatic rings. The van der Waals surface area contributed by atoms with E-state index in [1.54, 1.807) is 38.6 Å². The maximum absolute atomic E-state index is 12.4. The molecule has 0 fully saturated rings. The molecule has 0 bridgehead atoms. The van der Waals surface area contributed by atoms with Crippen LogP contribution in [0.25, 0.3) is 0 Å². The van der Waals surface area contributed by atoms with E-state index in [1.807, 2.05) is 48.5 Å². The maximum atomic E-state index is 12.4. The summed E-state index contributed by atoms with van der Waals surface area (Å²) in [4.78, 5) is 12.4. The quantitative estimate of drug-likeness (QED) is 0.384. The molecule has 30 heavy (non-hydrogen) atoms. The number of carbonyl (C=O) groups is 1. The van der Waals surface area contributed by atoms with Gasteiger partial charge in [-0.05, 0) is 54.6 Å². The lowest BCUT2D eigenvalue weighted by Crippen LogP contribution is -1.98. The van der Waals surface area contributed by atoms with Crippen molar-refractivity contribution in [3.8, 4) is 28.7 Å². The van der Waals surface area contributed by atoms with E-state index < -0.39 is 0 Å². The molecule has 0 unspecified atom stereocenters. The van der Waals surface area contributed by atoms with Crippen LogP contribution in [0.4, 0.5) is 5.69 Å². The van der Waals surface area contributed by atoms with Gasteiger partial charge in [0.1, 0.15) is 5.75 Å². The van der Waals surface area contributed by atoms with Gasteiger partial charge in [-0.15, -0.1) is 0 Å². The third-order valence-corrected chi connectivity index (χ3v) is 4.30. The molecule has 0 aliphatic heterocycles. The fraction of sp³-hybridized carbons (Fsp3) is 0.125. The molecule has 0 atom stereocenters. The van der Waals surface area contributed by atoms with Gasteiger partial charge in [0.2, 0.25) is 0 Å². The lowest BCUT2D eigenvalue weighted by atomic mass is 10.1. The van der Waals surface area contributed by atoms with E-state index in [2.05, 4.69) is 5.32 Å². The first-order valence-corrected chi connectivity index (χ1v) is 9.25. The average Bonchev–Trinajstić information content (AvgIpc) is 2.80. The molecule has 6 heteroatoms. The summed E-state index contributed by atoms with van der Waals surface area (Å²) in [5.41, 5.74) is 1.32. The number of para-hydroxylation sites is 2. The Balaban J connectivity index is 1.60. The lowest BCUT2D eigenvalue weighted by molar-refractivity contribution is 0.104.